The van der Waals surface area contributed by atoms with E-state index in [9.17, 15) is 27.6 Å². The van der Waals surface area contributed by atoms with Gasteiger partial charge >= 0.3 is 12.1 Å². The number of amides is 2. The summed E-state index contributed by atoms with van der Waals surface area (Å²) >= 11 is 0. The summed E-state index contributed by atoms with van der Waals surface area (Å²) in [6.07, 6.45) is -3.17. The topological polar surface area (TPSA) is 100 Å². The van der Waals surface area contributed by atoms with Crippen molar-refractivity contribution in [1.82, 2.24) is 5.43 Å². The molecular formula is C24H25F3N4O4. The Morgan fingerprint density at radius 1 is 1.03 bits per heavy atom. The fourth-order valence-corrected chi connectivity index (χ4v) is 3.60. The van der Waals surface area contributed by atoms with Crippen LogP contribution in [0.4, 0.5) is 24.5 Å². The molecule has 1 aliphatic carbocycles. The van der Waals surface area contributed by atoms with Crippen molar-refractivity contribution in [2.45, 2.75) is 13.1 Å². The van der Waals surface area contributed by atoms with E-state index in [2.05, 4.69) is 15.8 Å². The molecule has 0 radical (unpaired) electrons. The van der Waals surface area contributed by atoms with Gasteiger partial charge in [-0.05, 0) is 42.8 Å². The molecule has 186 valence electrons. The number of nitrogens with one attached hydrogen (secondary N) is 2. The van der Waals surface area contributed by atoms with E-state index >= 15 is 0 Å². The second kappa shape index (κ2) is 10.6. The van der Waals surface area contributed by atoms with E-state index in [1.165, 1.54) is 12.3 Å². The Kier molecular flexibility index (Phi) is 7.78. The predicted molar refractivity (Wildman–Crippen MR) is 124 cm³/mol. The molecule has 2 aromatic carbocycles. The summed E-state index contributed by atoms with van der Waals surface area (Å²) < 4.78 is 43.8. The zero-order chi connectivity index (χ0) is 25.8. The molecule has 35 heavy (non-hydrogen) atoms. The molecule has 0 heterocycles. The fourth-order valence-electron chi connectivity index (χ4n) is 3.60. The van der Waals surface area contributed by atoms with Crippen LogP contribution in [0.1, 0.15) is 18.1 Å². The smallest absolute Gasteiger partial charge is 0.416 e. The third-order valence-corrected chi connectivity index (χ3v) is 5.44. The number of ether oxygens (including phenoxy) is 1. The summed E-state index contributed by atoms with van der Waals surface area (Å²) in [7, 11) is 3.80. The lowest BCUT2D eigenvalue weighted by atomic mass is 10.2. The number of anilines is 2. The number of rotatable bonds is 8. The zero-order valence-corrected chi connectivity index (χ0v) is 19.3. The van der Waals surface area contributed by atoms with E-state index in [1.54, 1.807) is 19.1 Å². The zero-order valence-electron chi connectivity index (χ0n) is 19.3. The molecule has 1 saturated carbocycles. The maximum Gasteiger partial charge on any atom is 0.416 e. The minimum atomic E-state index is -4.58. The Labute approximate surface area is 200 Å². The van der Waals surface area contributed by atoms with Crippen LogP contribution in [0.5, 0.6) is 0 Å². The van der Waals surface area contributed by atoms with Crippen LogP contribution in [0.25, 0.3) is 0 Å². The Balaban J connectivity index is 1.68. The lowest BCUT2D eigenvalue weighted by molar-refractivity contribution is -0.146. The van der Waals surface area contributed by atoms with Gasteiger partial charge in [0.1, 0.15) is 0 Å². The maximum absolute atomic E-state index is 13.0. The third-order valence-electron chi connectivity index (χ3n) is 5.44. The van der Waals surface area contributed by atoms with Crippen LogP contribution in [-0.4, -0.2) is 44.7 Å². The van der Waals surface area contributed by atoms with Gasteiger partial charge in [0.05, 0.1) is 36.1 Å². The molecule has 0 aromatic heterocycles. The van der Waals surface area contributed by atoms with E-state index in [-0.39, 0.29) is 12.3 Å². The number of carbonyl (C=O) groups excluding carboxylic acids is 3. The number of carbonyl (C=O) groups is 3. The Bertz CT molecular complexity index is 1120. The summed E-state index contributed by atoms with van der Waals surface area (Å²) in [6.45, 7) is 1.63. The van der Waals surface area contributed by atoms with E-state index < -0.39 is 47.3 Å². The highest BCUT2D eigenvalue weighted by molar-refractivity contribution is 6.05. The first kappa shape index (κ1) is 25.7. The molecule has 0 bridgehead atoms. The summed E-state index contributed by atoms with van der Waals surface area (Å²) in [5, 5.41) is 6.24. The van der Waals surface area contributed by atoms with Crippen LogP contribution >= 0.6 is 0 Å². The molecule has 11 heteroatoms. The molecule has 8 nitrogen and oxygen atoms in total. The first-order valence-corrected chi connectivity index (χ1v) is 10.8. The molecule has 0 spiro atoms. The van der Waals surface area contributed by atoms with Crippen molar-refractivity contribution in [3.05, 3.63) is 59.7 Å². The Hall–Kier alpha value is -3.89. The van der Waals surface area contributed by atoms with Crippen LogP contribution < -0.4 is 15.6 Å². The molecule has 0 aliphatic heterocycles. The van der Waals surface area contributed by atoms with Crippen molar-refractivity contribution >= 4 is 35.4 Å². The lowest BCUT2D eigenvalue weighted by Crippen LogP contribution is -2.24. The number of esters is 1. The Morgan fingerprint density at radius 3 is 2.29 bits per heavy atom. The van der Waals surface area contributed by atoms with Crippen molar-refractivity contribution in [1.29, 1.82) is 0 Å². The minimum absolute atomic E-state index is 0.0483. The molecule has 3 rings (SSSR count). The first-order valence-electron chi connectivity index (χ1n) is 10.8. The number of benzene rings is 2. The lowest BCUT2D eigenvalue weighted by Gasteiger charge is -2.11. The van der Waals surface area contributed by atoms with E-state index in [0.29, 0.717) is 5.56 Å². The van der Waals surface area contributed by atoms with Gasteiger partial charge in [-0.25, -0.2) is 5.43 Å². The van der Waals surface area contributed by atoms with Gasteiger partial charge < -0.3 is 15.0 Å². The van der Waals surface area contributed by atoms with E-state index in [1.807, 2.05) is 31.1 Å². The predicted octanol–water partition coefficient (Wildman–Crippen LogP) is 3.29. The molecule has 0 unspecified atom stereocenters. The monoisotopic (exact) mass is 490 g/mol. The highest BCUT2D eigenvalue weighted by Gasteiger charge is 2.63. The van der Waals surface area contributed by atoms with Gasteiger partial charge in [0.25, 0.3) is 0 Å². The van der Waals surface area contributed by atoms with Gasteiger partial charge in [-0.2, -0.15) is 18.3 Å². The van der Waals surface area contributed by atoms with Crippen molar-refractivity contribution in [3.8, 4) is 0 Å². The van der Waals surface area contributed by atoms with Crippen LogP contribution in [-0.2, 0) is 25.3 Å². The minimum Gasteiger partial charge on any atom is -0.466 e. The average molecular weight is 490 g/mol. The highest BCUT2D eigenvalue weighted by Crippen LogP contribution is 2.48. The molecule has 1 aliphatic rings. The van der Waals surface area contributed by atoms with Crippen molar-refractivity contribution < 1.29 is 32.3 Å². The third kappa shape index (κ3) is 6.37. The summed E-state index contributed by atoms with van der Waals surface area (Å²) in [5.74, 6) is -5.39. The van der Waals surface area contributed by atoms with E-state index in [0.717, 1.165) is 23.9 Å². The standard InChI is InChI=1S/C24H25F3N4O4/c1-4-35-23(34)20-18(21(32)29-16-7-5-6-15(12-16)24(25,26)27)19(20)22(33)30-28-13-14-8-10-17(11-9-14)31(2)3/h5-13,18-20H,4H2,1-3H3,(H,29,32)(H,30,33)/b28-13-/t18-,19-,20+/m1/s1. The average Bonchev–Trinajstić information content (AvgIpc) is 3.55. The molecular weight excluding hydrogens is 465 g/mol. The number of hydrogen-bond donors (Lipinski definition) is 2. The number of alkyl halides is 3. The normalized spacial score (nSPS) is 19.2. The molecule has 2 aromatic rings. The Morgan fingerprint density at radius 2 is 1.69 bits per heavy atom. The number of hydrazone groups is 1. The second-order valence-electron chi connectivity index (χ2n) is 8.12. The van der Waals surface area contributed by atoms with Gasteiger partial charge in [-0.1, -0.05) is 18.2 Å². The number of hydrogen-bond acceptors (Lipinski definition) is 6. The SMILES string of the molecule is CCOC(=O)[C@@H]1[C@H](C(=O)N/N=C\c2ccc(N(C)C)cc2)[C@H]1C(=O)Nc1cccc(C(F)(F)F)c1. The van der Waals surface area contributed by atoms with Gasteiger partial charge in [-0.15, -0.1) is 0 Å². The molecule has 1 fully saturated rings. The largest absolute Gasteiger partial charge is 0.466 e. The van der Waals surface area contributed by atoms with E-state index in [4.69, 9.17) is 4.74 Å². The quantitative estimate of drug-likeness (QED) is 0.336. The summed E-state index contributed by atoms with van der Waals surface area (Å²) in [5.41, 5.74) is 2.98. The van der Waals surface area contributed by atoms with Gasteiger partial charge in [0.15, 0.2) is 0 Å². The number of halogens is 3. The van der Waals surface area contributed by atoms with Crippen molar-refractivity contribution in [2.75, 3.05) is 30.9 Å². The van der Waals surface area contributed by atoms with Gasteiger partial charge in [0.2, 0.25) is 11.8 Å². The molecule has 0 saturated heterocycles. The highest BCUT2D eigenvalue weighted by atomic mass is 19.4. The van der Waals surface area contributed by atoms with Crippen LogP contribution in [0.2, 0.25) is 0 Å². The van der Waals surface area contributed by atoms with Crippen LogP contribution in [0.3, 0.4) is 0 Å². The second-order valence-corrected chi connectivity index (χ2v) is 8.12. The maximum atomic E-state index is 13.0. The van der Waals surface area contributed by atoms with Gasteiger partial charge in [0, 0.05) is 25.5 Å². The molecule has 2 amide bonds. The summed E-state index contributed by atoms with van der Waals surface area (Å²) in [6, 6.07) is 11.4. The molecule has 3 atom stereocenters. The molecule has 2 N–H and O–H groups in total. The van der Waals surface area contributed by atoms with Crippen molar-refractivity contribution in [2.24, 2.45) is 22.9 Å². The summed E-state index contributed by atoms with van der Waals surface area (Å²) in [4.78, 5) is 39.6. The number of nitrogens with zero attached hydrogens (tertiary/aromatic N) is 2. The van der Waals surface area contributed by atoms with Gasteiger partial charge in [-0.3, -0.25) is 14.4 Å². The van der Waals surface area contributed by atoms with Crippen LogP contribution in [0.15, 0.2) is 53.6 Å². The van der Waals surface area contributed by atoms with Crippen LogP contribution in [0, 0.1) is 17.8 Å². The first-order chi connectivity index (χ1) is 16.5. The fraction of sp³-hybridized carbons (Fsp3) is 0.333. The van der Waals surface area contributed by atoms with Crippen molar-refractivity contribution in [3.63, 3.8) is 0 Å².